The maximum absolute atomic E-state index is 10.8. The highest BCUT2D eigenvalue weighted by atomic mass is 16.6. The average molecular weight is 288 g/mol. The predicted octanol–water partition coefficient (Wildman–Crippen LogP) is 2.93. The molecular formula is C15H20N4O2. The van der Waals surface area contributed by atoms with Crippen LogP contribution in [0.4, 0.5) is 11.4 Å². The molecule has 0 bridgehead atoms. The van der Waals surface area contributed by atoms with Gasteiger partial charge >= 0.3 is 0 Å². The van der Waals surface area contributed by atoms with E-state index in [-0.39, 0.29) is 10.6 Å². The van der Waals surface area contributed by atoms with Gasteiger partial charge in [0.2, 0.25) is 0 Å². The number of hydrogen-bond acceptors (Lipinski definition) is 4. The first kappa shape index (κ1) is 15.0. The zero-order chi connectivity index (χ0) is 15.4. The summed E-state index contributed by atoms with van der Waals surface area (Å²) in [6, 6.07) is 4.99. The summed E-state index contributed by atoms with van der Waals surface area (Å²) >= 11 is 0. The summed E-state index contributed by atoms with van der Waals surface area (Å²) in [5.41, 5.74) is 2.09. The van der Waals surface area contributed by atoms with Gasteiger partial charge in [-0.1, -0.05) is 0 Å². The minimum Gasteiger partial charge on any atom is -0.374 e. The zero-order valence-corrected chi connectivity index (χ0v) is 12.6. The molecule has 6 heteroatoms. The lowest BCUT2D eigenvalue weighted by molar-refractivity contribution is -0.384. The van der Waals surface area contributed by atoms with Crippen LogP contribution in [-0.2, 0) is 6.54 Å². The maximum atomic E-state index is 10.8. The number of aryl methyl sites for hydroxylation is 3. The first-order chi connectivity index (χ1) is 9.99. The van der Waals surface area contributed by atoms with E-state index in [2.05, 4.69) is 14.5 Å². The minimum atomic E-state index is -0.363. The lowest BCUT2D eigenvalue weighted by Crippen LogP contribution is -2.21. The van der Waals surface area contributed by atoms with Gasteiger partial charge in [-0.15, -0.1) is 0 Å². The molecule has 1 aromatic carbocycles. The van der Waals surface area contributed by atoms with Crippen molar-refractivity contribution < 1.29 is 4.92 Å². The number of aromatic nitrogens is 2. The van der Waals surface area contributed by atoms with Gasteiger partial charge in [0.05, 0.1) is 4.92 Å². The molecule has 1 aromatic heterocycles. The van der Waals surface area contributed by atoms with Gasteiger partial charge in [-0.25, -0.2) is 4.98 Å². The Morgan fingerprint density at radius 3 is 2.71 bits per heavy atom. The Morgan fingerprint density at radius 2 is 2.14 bits per heavy atom. The molecule has 0 atom stereocenters. The van der Waals surface area contributed by atoms with E-state index in [1.54, 1.807) is 18.3 Å². The average Bonchev–Trinajstić information content (AvgIpc) is 2.84. The van der Waals surface area contributed by atoms with Crippen LogP contribution in [0.1, 0.15) is 17.8 Å². The normalized spacial score (nSPS) is 10.6. The van der Waals surface area contributed by atoms with Gasteiger partial charge < -0.3 is 9.47 Å². The van der Waals surface area contributed by atoms with Crippen LogP contribution in [0.2, 0.25) is 0 Å². The Kier molecular flexibility index (Phi) is 4.57. The Morgan fingerprint density at radius 1 is 1.38 bits per heavy atom. The first-order valence-electron chi connectivity index (χ1n) is 6.93. The monoisotopic (exact) mass is 288 g/mol. The molecule has 0 amide bonds. The molecule has 0 fully saturated rings. The fourth-order valence-electron chi connectivity index (χ4n) is 2.42. The van der Waals surface area contributed by atoms with Crippen molar-refractivity contribution in [1.82, 2.24) is 9.55 Å². The molecular weight excluding hydrogens is 268 g/mol. The number of non-ortho nitro benzene ring substituents is 1. The molecule has 0 spiro atoms. The van der Waals surface area contributed by atoms with Crippen molar-refractivity contribution in [2.24, 2.45) is 0 Å². The number of hydrogen-bond donors (Lipinski definition) is 0. The van der Waals surface area contributed by atoms with E-state index in [0.29, 0.717) is 0 Å². The van der Waals surface area contributed by atoms with E-state index in [9.17, 15) is 10.1 Å². The highest BCUT2D eigenvalue weighted by molar-refractivity contribution is 5.56. The summed E-state index contributed by atoms with van der Waals surface area (Å²) in [5, 5.41) is 10.8. The number of anilines is 1. The van der Waals surface area contributed by atoms with Crippen molar-refractivity contribution in [3.05, 3.63) is 52.1 Å². The molecule has 0 aliphatic carbocycles. The zero-order valence-electron chi connectivity index (χ0n) is 12.6. The van der Waals surface area contributed by atoms with Crippen molar-refractivity contribution in [1.29, 1.82) is 0 Å². The molecule has 0 saturated carbocycles. The second kappa shape index (κ2) is 6.39. The molecule has 6 nitrogen and oxygen atoms in total. The van der Waals surface area contributed by atoms with Crippen LogP contribution in [0, 0.1) is 24.0 Å². The number of nitro benzene ring substituents is 1. The number of nitro groups is 1. The second-order valence-corrected chi connectivity index (χ2v) is 5.17. The fraction of sp³-hybridized carbons (Fsp3) is 0.400. The van der Waals surface area contributed by atoms with Gasteiger partial charge in [0.25, 0.3) is 5.69 Å². The Bertz CT molecular complexity index is 636. The standard InChI is InChI=1S/C15H20N4O2/c1-12-11-14(19(20)21)5-6-15(12)17(3)8-4-9-18-10-7-16-13(18)2/h5-7,10-11H,4,8-9H2,1-3H3. The summed E-state index contributed by atoms with van der Waals surface area (Å²) in [6.07, 6.45) is 4.77. The molecule has 2 rings (SSSR count). The van der Waals surface area contributed by atoms with E-state index in [0.717, 1.165) is 36.6 Å². The Labute approximate surface area is 124 Å². The van der Waals surface area contributed by atoms with Crippen molar-refractivity contribution in [2.75, 3.05) is 18.5 Å². The highest BCUT2D eigenvalue weighted by Gasteiger charge is 2.10. The van der Waals surface area contributed by atoms with Crippen LogP contribution >= 0.6 is 0 Å². The molecule has 21 heavy (non-hydrogen) atoms. The van der Waals surface area contributed by atoms with E-state index in [4.69, 9.17) is 0 Å². The van der Waals surface area contributed by atoms with Crippen LogP contribution in [0.25, 0.3) is 0 Å². The SMILES string of the molecule is Cc1cc([N+](=O)[O-])ccc1N(C)CCCn1ccnc1C. The molecule has 0 saturated heterocycles. The third-order valence-corrected chi connectivity index (χ3v) is 3.62. The van der Waals surface area contributed by atoms with Crippen LogP contribution in [-0.4, -0.2) is 28.1 Å². The summed E-state index contributed by atoms with van der Waals surface area (Å²) in [7, 11) is 2.01. The molecule has 0 radical (unpaired) electrons. The fourth-order valence-corrected chi connectivity index (χ4v) is 2.42. The highest BCUT2D eigenvalue weighted by Crippen LogP contribution is 2.24. The molecule has 0 unspecified atom stereocenters. The molecule has 2 aromatic rings. The van der Waals surface area contributed by atoms with Gasteiger partial charge in [0.1, 0.15) is 5.82 Å². The van der Waals surface area contributed by atoms with E-state index in [1.165, 1.54) is 0 Å². The lowest BCUT2D eigenvalue weighted by Gasteiger charge is -2.21. The molecule has 1 heterocycles. The van der Waals surface area contributed by atoms with Gasteiger partial charge in [-0.3, -0.25) is 10.1 Å². The largest absolute Gasteiger partial charge is 0.374 e. The Hall–Kier alpha value is -2.37. The second-order valence-electron chi connectivity index (χ2n) is 5.17. The summed E-state index contributed by atoms with van der Waals surface area (Å²) < 4.78 is 2.12. The molecule has 0 aliphatic heterocycles. The van der Waals surface area contributed by atoms with Crippen LogP contribution < -0.4 is 4.90 Å². The summed E-state index contributed by atoms with van der Waals surface area (Å²) in [6.45, 7) is 5.70. The summed E-state index contributed by atoms with van der Waals surface area (Å²) in [5.74, 6) is 1.02. The van der Waals surface area contributed by atoms with Crippen LogP contribution in [0.5, 0.6) is 0 Å². The smallest absolute Gasteiger partial charge is 0.269 e. The van der Waals surface area contributed by atoms with Crippen molar-refractivity contribution in [2.45, 2.75) is 26.8 Å². The number of nitrogens with zero attached hydrogens (tertiary/aromatic N) is 4. The predicted molar refractivity (Wildman–Crippen MR) is 82.7 cm³/mol. The van der Waals surface area contributed by atoms with Crippen molar-refractivity contribution >= 4 is 11.4 Å². The van der Waals surface area contributed by atoms with Gasteiger partial charge in [-0.05, 0) is 31.9 Å². The molecule has 112 valence electrons. The topological polar surface area (TPSA) is 64.2 Å². The molecule has 0 N–H and O–H groups in total. The number of rotatable bonds is 6. The van der Waals surface area contributed by atoms with Crippen LogP contribution in [0.15, 0.2) is 30.6 Å². The lowest BCUT2D eigenvalue weighted by atomic mass is 10.1. The quantitative estimate of drug-likeness (QED) is 0.605. The van der Waals surface area contributed by atoms with Crippen LogP contribution in [0.3, 0.4) is 0 Å². The van der Waals surface area contributed by atoms with E-state index >= 15 is 0 Å². The van der Waals surface area contributed by atoms with Crippen molar-refractivity contribution in [3.63, 3.8) is 0 Å². The van der Waals surface area contributed by atoms with E-state index < -0.39 is 0 Å². The van der Waals surface area contributed by atoms with Gasteiger partial charge in [-0.2, -0.15) is 0 Å². The van der Waals surface area contributed by atoms with Gasteiger partial charge in [0.15, 0.2) is 0 Å². The van der Waals surface area contributed by atoms with Gasteiger partial charge in [0, 0.05) is 50.4 Å². The number of imidazole rings is 1. The third-order valence-electron chi connectivity index (χ3n) is 3.62. The number of benzene rings is 1. The summed E-state index contributed by atoms with van der Waals surface area (Å²) in [4.78, 5) is 16.7. The first-order valence-corrected chi connectivity index (χ1v) is 6.93. The Balaban J connectivity index is 1.95. The minimum absolute atomic E-state index is 0.138. The van der Waals surface area contributed by atoms with E-state index in [1.807, 2.05) is 33.2 Å². The molecule has 0 aliphatic rings. The third kappa shape index (κ3) is 3.59. The van der Waals surface area contributed by atoms with Crippen molar-refractivity contribution in [3.8, 4) is 0 Å². The maximum Gasteiger partial charge on any atom is 0.269 e.